The summed E-state index contributed by atoms with van der Waals surface area (Å²) in [5.74, 6) is 0. The van der Waals surface area contributed by atoms with Crippen LogP contribution in [0.4, 0.5) is 0 Å². The van der Waals surface area contributed by atoms with Crippen LogP contribution in [0, 0.1) is 5.41 Å². The van der Waals surface area contributed by atoms with Crippen molar-refractivity contribution in [2.45, 2.75) is 71.1 Å². The van der Waals surface area contributed by atoms with Crippen LogP contribution < -0.4 is 10.6 Å². The van der Waals surface area contributed by atoms with Gasteiger partial charge in [-0.3, -0.25) is 0 Å². The summed E-state index contributed by atoms with van der Waals surface area (Å²) in [6, 6.07) is 1.41. The Morgan fingerprint density at radius 3 is 2.39 bits per heavy atom. The molecule has 2 atom stereocenters. The summed E-state index contributed by atoms with van der Waals surface area (Å²) in [5, 5.41) is 7.33. The van der Waals surface area contributed by atoms with E-state index in [9.17, 15) is 0 Å². The van der Waals surface area contributed by atoms with Gasteiger partial charge in [-0.05, 0) is 26.2 Å². The van der Waals surface area contributed by atoms with Crippen LogP contribution in [-0.4, -0.2) is 37.9 Å². The lowest BCUT2D eigenvalue weighted by Crippen LogP contribution is -2.61. The van der Waals surface area contributed by atoms with E-state index >= 15 is 0 Å². The van der Waals surface area contributed by atoms with E-state index in [1.807, 2.05) is 0 Å². The molecule has 0 aromatic heterocycles. The van der Waals surface area contributed by atoms with Gasteiger partial charge in [0.05, 0.1) is 6.10 Å². The van der Waals surface area contributed by atoms with Crippen LogP contribution >= 0.6 is 0 Å². The fraction of sp³-hybridized carbons (Fsp3) is 1.00. The van der Waals surface area contributed by atoms with Gasteiger partial charge in [0.15, 0.2) is 0 Å². The summed E-state index contributed by atoms with van der Waals surface area (Å²) in [6.45, 7) is 9.75. The molecule has 2 N–H and O–H groups in total. The first-order valence-electron chi connectivity index (χ1n) is 7.73. The Bertz CT molecular complexity index is 249. The molecule has 0 bridgehead atoms. The van der Waals surface area contributed by atoms with Gasteiger partial charge in [-0.25, -0.2) is 0 Å². The van der Waals surface area contributed by atoms with Crippen LogP contribution in [0.25, 0.3) is 0 Å². The summed E-state index contributed by atoms with van der Waals surface area (Å²) in [7, 11) is 0. The van der Waals surface area contributed by atoms with Crippen molar-refractivity contribution < 1.29 is 4.74 Å². The van der Waals surface area contributed by atoms with Crippen molar-refractivity contribution in [1.82, 2.24) is 10.6 Å². The first-order valence-corrected chi connectivity index (χ1v) is 7.73. The molecule has 3 heteroatoms. The van der Waals surface area contributed by atoms with Crippen molar-refractivity contribution in [3.63, 3.8) is 0 Å². The van der Waals surface area contributed by atoms with E-state index in [4.69, 9.17) is 4.74 Å². The van der Waals surface area contributed by atoms with E-state index in [-0.39, 0.29) is 0 Å². The van der Waals surface area contributed by atoms with Gasteiger partial charge in [0, 0.05) is 37.2 Å². The molecule has 0 saturated heterocycles. The fourth-order valence-corrected chi connectivity index (χ4v) is 3.37. The van der Waals surface area contributed by atoms with E-state index in [1.165, 1.54) is 32.1 Å². The molecule has 2 fully saturated rings. The number of nitrogens with one attached hydrogen (secondary N) is 2. The van der Waals surface area contributed by atoms with E-state index in [2.05, 4.69) is 31.4 Å². The van der Waals surface area contributed by atoms with Crippen molar-refractivity contribution in [2.75, 3.05) is 19.7 Å². The van der Waals surface area contributed by atoms with Crippen LogP contribution in [0.5, 0.6) is 0 Å². The SMILES string of the molecule is CCOC1CC(NCCNC2CCCC2)C1(C)C. The standard InChI is InChI=1S/C15H30N2O/c1-4-18-14-11-13(15(14,2)3)17-10-9-16-12-7-5-6-8-12/h12-14,16-17H,4-11H2,1-3H3. The van der Waals surface area contributed by atoms with E-state index in [0.29, 0.717) is 17.6 Å². The lowest BCUT2D eigenvalue weighted by Gasteiger charge is -2.52. The number of ether oxygens (including phenoxy) is 1. The summed E-state index contributed by atoms with van der Waals surface area (Å²) in [5.41, 5.74) is 0.295. The van der Waals surface area contributed by atoms with Gasteiger partial charge in [-0.15, -0.1) is 0 Å². The first kappa shape index (κ1) is 14.3. The molecule has 2 saturated carbocycles. The van der Waals surface area contributed by atoms with Gasteiger partial charge in [0.1, 0.15) is 0 Å². The third-order valence-corrected chi connectivity index (χ3v) is 4.85. The Balaban J connectivity index is 1.57. The van der Waals surface area contributed by atoms with Crippen molar-refractivity contribution in [1.29, 1.82) is 0 Å². The molecule has 0 aromatic carbocycles. The maximum Gasteiger partial charge on any atom is 0.0655 e. The number of hydrogen-bond donors (Lipinski definition) is 2. The molecular weight excluding hydrogens is 224 g/mol. The number of rotatable bonds is 7. The zero-order valence-electron chi connectivity index (χ0n) is 12.3. The Morgan fingerprint density at radius 2 is 1.78 bits per heavy atom. The third kappa shape index (κ3) is 3.25. The molecule has 2 rings (SSSR count). The Hall–Kier alpha value is -0.120. The molecule has 106 valence electrons. The fourth-order valence-electron chi connectivity index (χ4n) is 3.37. The molecule has 0 aliphatic heterocycles. The molecule has 2 unspecified atom stereocenters. The van der Waals surface area contributed by atoms with Crippen molar-refractivity contribution in [2.24, 2.45) is 5.41 Å². The number of hydrogen-bond acceptors (Lipinski definition) is 3. The summed E-state index contributed by atoms with van der Waals surface area (Å²) < 4.78 is 5.76. The first-order chi connectivity index (χ1) is 8.64. The Labute approximate surface area is 112 Å². The molecule has 2 aliphatic carbocycles. The minimum absolute atomic E-state index is 0.295. The molecule has 3 nitrogen and oxygen atoms in total. The van der Waals surface area contributed by atoms with Crippen molar-refractivity contribution >= 4 is 0 Å². The zero-order valence-corrected chi connectivity index (χ0v) is 12.3. The van der Waals surface area contributed by atoms with Crippen LogP contribution in [0.2, 0.25) is 0 Å². The van der Waals surface area contributed by atoms with Gasteiger partial charge < -0.3 is 15.4 Å². The maximum absolute atomic E-state index is 5.76. The third-order valence-electron chi connectivity index (χ3n) is 4.85. The predicted molar refractivity (Wildman–Crippen MR) is 75.9 cm³/mol. The van der Waals surface area contributed by atoms with Crippen molar-refractivity contribution in [3.8, 4) is 0 Å². The molecule has 0 radical (unpaired) electrons. The highest BCUT2D eigenvalue weighted by Gasteiger charge is 2.48. The smallest absolute Gasteiger partial charge is 0.0655 e. The topological polar surface area (TPSA) is 33.3 Å². The lowest BCUT2D eigenvalue weighted by atomic mass is 9.64. The Morgan fingerprint density at radius 1 is 1.11 bits per heavy atom. The lowest BCUT2D eigenvalue weighted by molar-refractivity contribution is -0.113. The summed E-state index contributed by atoms with van der Waals surface area (Å²) in [4.78, 5) is 0. The van der Waals surface area contributed by atoms with Gasteiger partial charge >= 0.3 is 0 Å². The second-order valence-electron chi connectivity index (χ2n) is 6.44. The molecule has 18 heavy (non-hydrogen) atoms. The molecular formula is C15H30N2O. The maximum atomic E-state index is 5.76. The summed E-state index contributed by atoms with van der Waals surface area (Å²) >= 11 is 0. The van der Waals surface area contributed by atoms with Crippen LogP contribution in [0.15, 0.2) is 0 Å². The minimum atomic E-state index is 0.295. The summed E-state index contributed by atoms with van der Waals surface area (Å²) in [6.07, 6.45) is 7.20. The quantitative estimate of drug-likeness (QED) is 0.684. The highest BCUT2D eigenvalue weighted by Crippen LogP contribution is 2.42. The molecule has 0 aromatic rings. The zero-order chi connectivity index (χ0) is 13.0. The minimum Gasteiger partial charge on any atom is -0.378 e. The second kappa shape index (κ2) is 6.36. The highest BCUT2D eigenvalue weighted by atomic mass is 16.5. The predicted octanol–water partition coefficient (Wildman–Crippen LogP) is 2.31. The molecule has 0 heterocycles. The largest absolute Gasteiger partial charge is 0.378 e. The van der Waals surface area contributed by atoms with Gasteiger partial charge in [-0.2, -0.15) is 0 Å². The van der Waals surface area contributed by atoms with E-state index < -0.39 is 0 Å². The van der Waals surface area contributed by atoms with Crippen LogP contribution in [-0.2, 0) is 4.74 Å². The van der Waals surface area contributed by atoms with Gasteiger partial charge in [0.25, 0.3) is 0 Å². The normalized spacial score (nSPS) is 31.5. The van der Waals surface area contributed by atoms with Crippen LogP contribution in [0.1, 0.15) is 52.9 Å². The van der Waals surface area contributed by atoms with Gasteiger partial charge in [0.2, 0.25) is 0 Å². The molecule has 0 amide bonds. The van der Waals surface area contributed by atoms with E-state index in [0.717, 1.165) is 25.7 Å². The average Bonchev–Trinajstić information content (AvgIpc) is 2.84. The highest BCUT2D eigenvalue weighted by molar-refractivity contribution is 5.02. The van der Waals surface area contributed by atoms with Gasteiger partial charge in [-0.1, -0.05) is 26.7 Å². The second-order valence-corrected chi connectivity index (χ2v) is 6.44. The van der Waals surface area contributed by atoms with E-state index in [1.54, 1.807) is 0 Å². The Kier molecular flexibility index (Phi) is 5.05. The molecule has 0 spiro atoms. The average molecular weight is 254 g/mol. The van der Waals surface area contributed by atoms with Crippen molar-refractivity contribution in [3.05, 3.63) is 0 Å². The van der Waals surface area contributed by atoms with Crippen LogP contribution in [0.3, 0.4) is 0 Å². The monoisotopic (exact) mass is 254 g/mol. The molecule has 2 aliphatic rings.